The van der Waals surface area contributed by atoms with Crippen molar-refractivity contribution in [2.24, 2.45) is 0 Å². The van der Waals surface area contributed by atoms with E-state index < -0.39 is 12.0 Å². The van der Waals surface area contributed by atoms with Gasteiger partial charge >= 0.3 is 6.09 Å². The first-order valence-corrected chi connectivity index (χ1v) is 7.69. The second kappa shape index (κ2) is 4.97. The lowest BCUT2D eigenvalue weighted by molar-refractivity contribution is 0.0710. The summed E-state index contributed by atoms with van der Waals surface area (Å²) in [5, 5.41) is 9.07. The Morgan fingerprint density at radius 3 is 2.58 bits per heavy atom. The maximum Gasteiger partial charge on any atom is 0.414 e. The summed E-state index contributed by atoms with van der Waals surface area (Å²) in [6.45, 7) is 3.41. The van der Waals surface area contributed by atoms with Crippen molar-refractivity contribution in [2.75, 3.05) is 12.8 Å². The van der Waals surface area contributed by atoms with Gasteiger partial charge in [-0.05, 0) is 18.7 Å². The first-order chi connectivity index (χ1) is 8.88. The lowest BCUT2D eigenvalue weighted by Gasteiger charge is -2.28. The van der Waals surface area contributed by atoms with E-state index in [1.54, 1.807) is 0 Å². The molecule has 1 N–H and O–H groups in total. The largest absolute Gasteiger partial charge is 0.465 e. The van der Waals surface area contributed by atoms with Crippen molar-refractivity contribution in [1.29, 1.82) is 0 Å². The van der Waals surface area contributed by atoms with Crippen LogP contribution in [0.2, 0.25) is 0 Å². The van der Waals surface area contributed by atoms with E-state index in [1.807, 2.05) is 13.2 Å². The zero-order valence-electron chi connectivity index (χ0n) is 10.7. The molecule has 1 aliphatic rings. The average molecular weight is 299 g/mol. The molecule has 1 aromatic heterocycles. The number of hydrogen-bond donors (Lipinski definition) is 1. The second-order valence-corrected chi connectivity index (χ2v) is 6.46. The highest BCUT2D eigenvalue weighted by Crippen LogP contribution is 2.42. The Morgan fingerprint density at radius 2 is 2.11 bits per heavy atom. The quantitative estimate of drug-likeness (QED) is 0.671. The van der Waals surface area contributed by atoms with Crippen LogP contribution < -0.4 is 0 Å². The maximum absolute atomic E-state index is 12.2. The summed E-state index contributed by atoms with van der Waals surface area (Å²) in [5.41, 5.74) is 1.10. The Balaban J connectivity index is 2.66. The van der Waals surface area contributed by atoms with E-state index in [2.05, 4.69) is 0 Å². The zero-order chi connectivity index (χ0) is 14.3. The van der Waals surface area contributed by atoms with E-state index in [-0.39, 0.29) is 18.2 Å². The smallest absolute Gasteiger partial charge is 0.414 e. The molecular weight excluding hydrogens is 286 g/mol. The van der Waals surface area contributed by atoms with Crippen molar-refractivity contribution in [3.05, 3.63) is 16.0 Å². The number of rotatable bonds is 2. The Morgan fingerprint density at radius 1 is 1.47 bits per heavy atom. The molecule has 0 saturated carbocycles. The van der Waals surface area contributed by atoms with Gasteiger partial charge in [-0.25, -0.2) is 9.69 Å². The average Bonchev–Trinajstić information content (AvgIpc) is 2.73. The molecule has 0 bridgehead atoms. The summed E-state index contributed by atoms with van der Waals surface area (Å²) in [6.07, 6.45) is 0.568. The molecule has 0 radical (unpaired) electrons. The van der Waals surface area contributed by atoms with Crippen LogP contribution in [0.25, 0.3) is 0 Å². The lowest BCUT2D eigenvalue weighted by Crippen LogP contribution is -2.42. The predicted molar refractivity (Wildman–Crippen MR) is 73.6 cm³/mol. The van der Waals surface area contributed by atoms with Crippen LogP contribution in [-0.2, 0) is 0 Å². The van der Waals surface area contributed by atoms with Crippen molar-refractivity contribution < 1.29 is 19.5 Å². The van der Waals surface area contributed by atoms with Gasteiger partial charge in [0.05, 0.1) is 14.6 Å². The van der Waals surface area contributed by atoms with E-state index in [4.69, 9.17) is 5.11 Å². The van der Waals surface area contributed by atoms with E-state index in [9.17, 15) is 14.4 Å². The minimum Gasteiger partial charge on any atom is -0.465 e. The fraction of sp³-hybridized carbons (Fsp3) is 0.417. The minimum atomic E-state index is -1.25. The van der Waals surface area contributed by atoms with Gasteiger partial charge in [0.2, 0.25) is 0 Å². The number of amides is 2. The lowest BCUT2D eigenvalue weighted by atomic mass is 9.91. The third-order valence-electron chi connectivity index (χ3n) is 3.06. The highest BCUT2D eigenvalue weighted by Gasteiger charge is 2.38. The van der Waals surface area contributed by atoms with Crippen LogP contribution in [0.4, 0.5) is 4.79 Å². The number of ketones is 1. The number of nitrogens with zero attached hydrogens (tertiary/aromatic N) is 1. The normalized spacial score (nSPS) is 18.4. The third-order valence-corrected chi connectivity index (χ3v) is 5.48. The van der Waals surface area contributed by atoms with E-state index >= 15 is 0 Å². The highest BCUT2D eigenvalue weighted by atomic mass is 32.2. The van der Waals surface area contributed by atoms with Gasteiger partial charge in [-0.2, -0.15) is 0 Å². The number of thioether (sulfide) groups is 1. The van der Waals surface area contributed by atoms with Crippen molar-refractivity contribution in [1.82, 2.24) is 4.90 Å². The van der Waals surface area contributed by atoms with Crippen LogP contribution in [-0.4, -0.2) is 40.6 Å². The van der Waals surface area contributed by atoms with Crippen LogP contribution in [0.15, 0.2) is 4.21 Å². The van der Waals surface area contributed by atoms with Crippen molar-refractivity contribution in [2.45, 2.75) is 24.0 Å². The third kappa shape index (κ3) is 2.17. The van der Waals surface area contributed by atoms with Gasteiger partial charge in [0.25, 0.3) is 5.91 Å². The van der Waals surface area contributed by atoms with Gasteiger partial charge in [0.15, 0.2) is 5.78 Å². The van der Waals surface area contributed by atoms with E-state index in [1.165, 1.54) is 30.0 Å². The first kappa shape index (κ1) is 14.1. The van der Waals surface area contributed by atoms with Crippen molar-refractivity contribution in [3.63, 3.8) is 0 Å². The van der Waals surface area contributed by atoms with E-state index in [0.717, 1.165) is 4.90 Å². The Bertz CT molecular complexity index is 579. The second-order valence-electron chi connectivity index (χ2n) is 4.37. The monoisotopic (exact) mass is 299 g/mol. The number of Topliss-reactive ketones (excluding diaryl/α,β-unsaturated/α-hetero) is 1. The zero-order valence-corrected chi connectivity index (χ0v) is 12.4. The molecule has 0 fully saturated rings. The summed E-state index contributed by atoms with van der Waals surface area (Å²) >= 11 is 2.64. The molecule has 1 aliphatic heterocycles. The molecule has 0 aliphatic carbocycles. The van der Waals surface area contributed by atoms with Gasteiger partial charge in [-0.15, -0.1) is 23.1 Å². The Labute approximate surface area is 118 Å². The standard InChI is InChI=1S/C12H13NO4S2/c1-5-4-13(12(16)17)10(15)8-7(5)9(6(2)14)19-11(8)18-3/h5H,4H2,1-3H3,(H,16,17). The summed E-state index contributed by atoms with van der Waals surface area (Å²) in [6, 6.07) is 0. The van der Waals surface area contributed by atoms with Gasteiger partial charge < -0.3 is 5.11 Å². The maximum atomic E-state index is 12.2. The van der Waals surface area contributed by atoms with Crippen LogP contribution in [0.5, 0.6) is 0 Å². The molecule has 1 atom stereocenters. The molecule has 2 amide bonds. The SMILES string of the molecule is CSc1sc(C(C)=O)c2c1C(=O)N(C(=O)O)CC2C. The fourth-order valence-corrected chi connectivity index (χ4v) is 4.27. The Kier molecular flexibility index (Phi) is 3.69. The number of thiophene rings is 1. The van der Waals surface area contributed by atoms with Crippen LogP contribution in [0, 0.1) is 0 Å². The molecule has 7 heteroatoms. The van der Waals surface area contributed by atoms with Crippen LogP contribution in [0.3, 0.4) is 0 Å². The molecule has 0 aromatic carbocycles. The minimum absolute atomic E-state index is 0.0787. The number of carbonyl (C=O) groups excluding carboxylic acids is 2. The molecule has 2 heterocycles. The van der Waals surface area contributed by atoms with Crippen LogP contribution >= 0.6 is 23.1 Å². The fourth-order valence-electron chi connectivity index (χ4n) is 2.25. The molecule has 1 aromatic rings. The molecule has 0 saturated heterocycles. The Hall–Kier alpha value is -1.34. The van der Waals surface area contributed by atoms with E-state index in [0.29, 0.717) is 20.2 Å². The summed E-state index contributed by atoms with van der Waals surface area (Å²) in [4.78, 5) is 36.4. The number of carboxylic acid groups (broad SMARTS) is 1. The molecule has 102 valence electrons. The topological polar surface area (TPSA) is 74.7 Å². The molecule has 19 heavy (non-hydrogen) atoms. The van der Waals surface area contributed by atoms with Crippen LogP contribution in [0.1, 0.15) is 45.4 Å². The molecule has 5 nitrogen and oxygen atoms in total. The van der Waals surface area contributed by atoms with Gasteiger partial charge in [0, 0.05) is 12.5 Å². The molecule has 2 rings (SSSR count). The highest BCUT2D eigenvalue weighted by molar-refractivity contribution is 8.00. The van der Waals surface area contributed by atoms with Crippen molar-refractivity contribution >= 4 is 40.9 Å². The summed E-state index contributed by atoms with van der Waals surface area (Å²) in [5.74, 6) is -0.751. The van der Waals surface area contributed by atoms with Gasteiger partial charge in [-0.3, -0.25) is 9.59 Å². The molecule has 0 spiro atoms. The summed E-state index contributed by atoms with van der Waals surface area (Å²) < 4.78 is 0.711. The summed E-state index contributed by atoms with van der Waals surface area (Å²) in [7, 11) is 0. The van der Waals surface area contributed by atoms with Gasteiger partial charge in [-0.1, -0.05) is 6.92 Å². The predicted octanol–water partition coefficient (Wildman–Crippen LogP) is 2.91. The first-order valence-electron chi connectivity index (χ1n) is 5.64. The number of carbonyl (C=O) groups is 3. The van der Waals surface area contributed by atoms with Gasteiger partial charge in [0.1, 0.15) is 0 Å². The number of hydrogen-bond acceptors (Lipinski definition) is 5. The van der Waals surface area contributed by atoms with Crippen molar-refractivity contribution in [3.8, 4) is 0 Å². The number of fused-ring (bicyclic) bond motifs is 1. The molecule has 1 unspecified atom stereocenters. The molecular formula is C12H13NO4S2. The number of imide groups is 1.